The zero-order chi connectivity index (χ0) is 19.4. The van der Waals surface area contributed by atoms with Crippen molar-refractivity contribution >= 4 is 29.3 Å². The lowest BCUT2D eigenvalue weighted by molar-refractivity contribution is -0.151. The molecule has 0 N–H and O–H groups in total. The Labute approximate surface area is 166 Å². The molecule has 27 heavy (non-hydrogen) atoms. The van der Waals surface area contributed by atoms with E-state index in [-0.39, 0.29) is 11.7 Å². The molecule has 0 aliphatic carbocycles. The summed E-state index contributed by atoms with van der Waals surface area (Å²) in [6.45, 7) is 5.51. The van der Waals surface area contributed by atoms with Gasteiger partial charge >= 0.3 is 5.97 Å². The maximum Gasteiger partial charge on any atom is 0.316 e. The van der Waals surface area contributed by atoms with Crippen LogP contribution in [-0.2, 0) is 9.53 Å². The number of thioether (sulfide) groups is 1. The maximum absolute atomic E-state index is 12.1. The van der Waals surface area contributed by atoms with Crippen LogP contribution in [0.15, 0.2) is 53.9 Å². The summed E-state index contributed by atoms with van der Waals surface area (Å²) in [5.74, 6) is 0.430. The summed E-state index contributed by atoms with van der Waals surface area (Å²) in [4.78, 5) is 16.1. The summed E-state index contributed by atoms with van der Waals surface area (Å²) in [5, 5.41) is 9.70. The SMILES string of the molecule is CC(C)(C)OC(=O)CSc1nnc(-c2ccncc2)n1-c1ccccc1Cl. The highest BCUT2D eigenvalue weighted by Gasteiger charge is 2.21. The Balaban J connectivity index is 1.96. The van der Waals surface area contributed by atoms with Gasteiger partial charge in [-0.2, -0.15) is 0 Å². The number of pyridine rings is 1. The molecule has 0 amide bonds. The van der Waals surface area contributed by atoms with Gasteiger partial charge < -0.3 is 4.74 Å². The van der Waals surface area contributed by atoms with Crippen LogP contribution in [0, 0.1) is 0 Å². The molecule has 0 aliphatic rings. The molecule has 0 bridgehead atoms. The largest absolute Gasteiger partial charge is 0.459 e. The van der Waals surface area contributed by atoms with E-state index in [4.69, 9.17) is 16.3 Å². The molecule has 6 nitrogen and oxygen atoms in total. The zero-order valence-corrected chi connectivity index (χ0v) is 16.8. The predicted molar refractivity (Wildman–Crippen MR) is 106 cm³/mol. The lowest BCUT2D eigenvalue weighted by Crippen LogP contribution is -2.25. The third-order valence-corrected chi connectivity index (χ3v) is 4.63. The van der Waals surface area contributed by atoms with Crippen molar-refractivity contribution in [2.45, 2.75) is 31.5 Å². The molecule has 1 aromatic carbocycles. The van der Waals surface area contributed by atoms with E-state index in [2.05, 4.69) is 15.2 Å². The Morgan fingerprint density at radius 1 is 1.15 bits per heavy atom. The van der Waals surface area contributed by atoms with Gasteiger partial charge in [-0.05, 0) is 45.0 Å². The molecule has 0 saturated heterocycles. The first kappa shape index (κ1) is 19.4. The van der Waals surface area contributed by atoms with Crippen LogP contribution in [-0.4, -0.2) is 37.1 Å². The summed E-state index contributed by atoms with van der Waals surface area (Å²) in [6.07, 6.45) is 3.38. The van der Waals surface area contributed by atoms with Crippen molar-refractivity contribution < 1.29 is 9.53 Å². The number of hydrogen-bond donors (Lipinski definition) is 0. The van der Waals surface area contributed by atoms with Crippen molar-refractivity contribution in [1.29, 1.82) is 0 Å². The lowest BCUT2D eigenvalue weighted by Gasteiger charge is -2.19. The highest BCUT2D eigenvalue weighted by atomic mass is 35.5. The van der Waals surface area contributed by atoms with Crippen molar-refractivity contribution in [3.8, 4) is 17.1 Å². The molecule has 0 unspecified atom stereocenters. The normalized spacial score (nSPS) is 11.4. The number of ether oxygens (including phenoxy) is 1. The molecule has 0 spiro atoms. The van der Waals surface area contributed by atoms with E-state index < -0.39 is 5.60 Å². The molecule has 2 aromatic heterocycles. The maximum atomic E-state index is 12.1. The van der Waals surface area contributed by atoms with E-state index in [0.717, 1.165) is 11.3 Å². The minimum absolute atomic E-state index is 0.121. The molecule has 0 saturated carbocycles. The van der Waals surface area contributed by atoms with Crippen molar-refractivity contribution in [2.75, 3.05) is 5.75 Å². The molecule has 3 rings (SSSR count). The number of esters is 1. The summed E-state index contributed by atoms with van der Waals surface area (Å²) < 4.78 is 7.21. The van der Waals surface area contributed by atoms with E-state index >= 15 is 0 Å². The Hall–Kier alpha value is -2.38. The van der Waals surface area contributed by atoms with Crippen LogP contribution in [0.4, 0.5) is 0 Å². The highest BCUT2D eigenvalue weighted by Crippen LogP contribution is 2.31. The Kier molecular flexibility index (Phi) is 5.82. The quantitative estimate of drug-likeness (QED) is 0.465. The van der Waals surface area contributed by atoms with E-state index in [1.54, 1.807) is 18.5 Å². The second-order valence-electron chi connectivity index (χ2n) is 6.70. The molecule has 0 fully saturated rings. The average molecular weight is 403 g/mol. The standard InChI is InChI=1S/C19H19ClN4O2S/c1-19(2,3)26-16(25)12-27-18-23-22-17(13-8-10-21-11-9-13)24(18)15-7-5-4-6-14(15)20/h4-11H,12H2,1-3H3. The number of hydrogen-bond acceptors (Lipinski definition) is 6. The third kappa shape index (κ3) is 4.87. The molecule has 3 aromatic rings. The Bertz CT molecular complexity index is 938. The monoisotopic (exact) mass is 402 g/mol. The molecule has 2 heterocycles. The second-order valence-corrected chi connectivity index (χ2v) is 8.05. The van der Waals surface area contributed by atoms with Crippen molar-refractivity contribution in [3.63, 3.8) is 0 Å². The summed E-state index contributed by atoms with van der Waals surface area (Å²) in [7, 11) is 0. The van der Waals surface area contributed by atoms with Gasteiger partial charge in [-0.3, -0.25) is 14.3 Å². The van der Waals surface area contributed by atoms with Gasteiger partial charge in [0.25, 0.3) is 0 Å². The topological polar surface area (TPSA) is 69.9 Å². The summed E-state index contributed by atoms with van der Waals surface area (Å²) in [5.41, 5.74) is 1.06. The van der Waals surface area contributed by atoms with Crippen LogP contribution < -0.4 is 0 Å². The van der Waals surface area contributed by atoms with E-state index in [0.29, 0.717) is 16.0 Å². The Morgan fingerprint density at radius 2 is 1.85 bits per heavy atom. The average Bonchev–Trinajstić information content (AvgIpc) is 3.03. The van der Waals surface area contributed by atoms with Gasteiger partial charge in [-0.15, -0.1) is 10.2 Å². The van der Waals surface area contributed by atoms with E-state index in [1.807, 2.05) is 55.7 Å². The number of carbonyl (C=O) groups excluding carboxylic acids is 1. The van der Waals surface area contributed by atoms with Crippen molar-refractivity contribution in [3.05, 3.63) is 53.8 Å². The van der Waals surface area contributed by atoms with Crippen LogP contribution >= 0.6 is 23.4 Å². The molecule has 0 radical (unpaired) electrons. The second kappa shape index (κ2) is 8.10. The minimum Gasteiger partial charge on any atom is -0.459 e. The van der Waals surface area contributed by atoms with Crippen LogP contribution in [0.2, 0.25) is 5.02 Å². The van der Waals surface area contributed by atoms with Gasteiger partial charge in [0.15, 0.2) is 11.0 Å². The van der Waals surface area contributed by atoms with Gasteiger partial charge in [0, 0.05) is 18.0 Å². The first-order chi connectivity index (χ1) is 12.8. The van der Waals surface area contributed by atoms with Crippen molar-refractivity contribution in [2.24, 2.45) is 0 Å². The first-order valence-corrected chi connectivity index (χ1v) is 9.67. The van der Waals surface area contributed by atoms with Gasteiger partial charge in [0.1, 0.15) is 5.60 Å². The van der Waals surface area contributed by atoms with E-state index in [1.165, 1.54) is 11.8 Å². The number of nitrogens with zero attached hydrogens (tertiary/aromatic N) is 4. The number of rotatable bonds is 5. The fraction of sp³-hybridized carbons (Fsp3) is 0.263. The number of halogens is 1. The minimum atomic E-state index is -0.531. The van der Waals surface area contributed by atoms with Crippen LogP contribution in [0.5, 0.6) is 0 Å². The van der Waals surface area contributed by atoms with Gasteiger partial charge in [0.2, 0.25) is 0 Å². The number of benzene rings is 1. The fourth-order valence-electron chi connectivity index (χ4n) is 2.40. The molecule has 8 heteroatoms. The molecular formula is C19H19ClN4O2S. The summed E-state index contributed by atoms with van der Waals surface area (Å²) >= 11 is 7.66. The molecule has 0 atom stereocenters. The summed E-state index contributed by atoms with van der Waals surface area (Å²) in [6, 6.07) is 11.1. The lowest BCUT2D eigenvalue weighted by atomic mass is 10.2. The molecule has 0 aliphatic heterocycles. The molecule has 140 valence electrons. The fourth-order valence-corrected chi connectivity index (χ4v) is 3.33. The molecular weight excluding hydrogens is 384 g/mol. The zero-order valence-electron chi connectivity index (χ0n) is 15.2. The number of para-hydroxylation sites is 1. The van der Waals surface area contributed by atoms with Gasteiger partial charge in [-0.25, -0.2) is 0 Å². The van der Waals surface area contributed by atoms with E-state index in [9.17, 15) is 4.79 Å². The number of carbonyl (C=O) groups is 1. The third-order valence-electron chi connectivity index (χ3n) is 3.40. The van der Waals surface area contributed by atoms with Gasteiger partial charge in [0.05, 0.1) is 16.5 Å². The smallest absolute Gasteiger partial charge is 0.316 e. The van der Waals surface area contributed by atoms with Crippen LogP contribution in [0.1, 0.15) is 20.8 Å². The van der Waals surface area contributed by atoms with Crippen LogP contribution in [0.25, 0.3) is 17.1 Å². The number of aromatic nitrogens is 4. The van der Waals surface area contributed by atoms with Crippen molar-refractivity contribution in [1.82, 2.24) is 19.7 Å². The first-order valence-electron chi connectivity index (χ1n) is 8.30. The van der Waals surface area contributed by atoms with Gasteiger partial charge in [-0.1, -0.05) is 35.5 Å². The Morgan fingerprint density at radius 3 is 2.52 bits per heavy atom. The van der Waals surface area contributed by atoms with Crippen LogP contribution in [0.3, 0.4) is 0 Å². The highest BCUT2D eigenvalue weighted by molar-refractivity contribution is 7.99. The predicted octanol–water partition coefficient (Wildman–Crippen LogP) is 4.42.